The van der Waals surface area contributed by atoms with Crippen LogP contribution in [-0.4, -0.2) is 22.2 Å². The van der Waals surface area contributed by atoms with Crippen LogP contribution in [0.3, 0.4) is 0 Å². The normalized spacial score (nSPS) is 10.4. The summed E-state index contributed by atoms with van der Waals surface area (Å²) < 4.78 is 0. The fourth-order valence-corrected chi connectivity index (χ4v) is 3.76. The summed E-state index contributed by atoms with van der Waals surface area (Å²) in [5.41, 5.74) is 1.48. The van der Waals surface area contributed by atoms with Gasteiger partial charge in [-0.15, -0.1) is 22.7 Å². The lowest BCUT2D eigenvalue weighted by molar-refractivity contribution is -0.137. The number of hydrogen-bond donors (Lipinski definition) is 2. The fourth-order valence-electron chi connectivity index (χ4n) is 1.67. The summed E-state index contributed by atoms with van der Waals surface area (Å²) in [4.78, 5) is 23.3. The van der Waals surface area contributed by atoms with Crippen LogP contribution in [0.5, 0.6) is 0 Å². The van der Waals surface area contributed by atoms with Crippen LogP contribution in [0.25, 0.3) is 9.75 Å². The van der Waals surface area contributed by atoms with Crippen LogP contribution >= 0.6 is 22.7 Å². The number of carbonyl (C=O) groups is 2. The van der Waals surface area contributed by atoms with E-state index in [1.807, 2.05) is 10.8 Å². The lowest BCUT2D eigenvalue weighted by Crippen LogP contribution is -2.01. The highest BCUT2D eigenvalue weighted by molar-refractivity contribution is 7.20. The van der Waals surface area contributed by atoms with Gasteiger partial charge in [-0.05, 0) is 34.0 Å². The maximum atomic E-state index is 10.8. The van der Waals surface area contributed by atoms with Crippen LogP contribution in [0.4, 0.5) is 0 Å². The Bertz CT molecular complexity index is 530. The van der Waals surface area contributed by atoms with Crippen molar-refractivity contribution in [1.29, 1.82) is 0 Å². The molecule has 0 radical (unpaired) electrons. The summed E-state index contributed by atoms with van der Waals surface area (Å²) in [6.07, 6.45) is -0.0769. The molecule has 2 rings (SSSR count). The summed E-state index contributed by atoms with van der Waals surface area (Å²) in [5, 5.41) is 21.3. The molecule has 0 unspecified atom stereocenters. The lowest BCUT2D eigenvalue weighted by atomic mass is 10.1. The van der Waals surface area contributed by atoms with Gasteiger partial charge in [0.2, 0.25) is 0 Å². The Labute approximate surface area is 111 Å². The molecule has 2 N–H and O–H groups in total. The third-order valence-electron chi connectivity index (χ3n) is 2.38. The smallest absolute Gasteiger partial charge is 0.307 e. The van der Waals surface area contributed by atoms with E-state index in [0.29, 0.717) is 0 Å². The molecule has 0 saturated heterocycles. The van der Waals surface area contributed by atoms with Crippen molar-refractivity contribution in [2.24, 2.45) is 0 Å². The molecule has 94 valence electrons. The van der Waals surface area contributed by atoms with E-state index in [-0.39, 0.29) is 12.8 Å². The van der Waals surface area contributed by atoms with Gasteiger partial charge >= 0.3 is 11.9 Å². The lowest BCUT2D eigenvalue weighted by Gasteiger charge is -2.02. The summed E-state index contributed by atoms with van der Waals surface area (Å²) in [7, 11) is 0. The van der Waals surface area contributed by atoms with E-state index in [1.165, 1.54) is 22.7 Å². The number of carboxylic acid groups (broad SMARTS) is 2. The molecular formula is C12H10O4S2. The van der Waals surface area contributed by atoms with Gasteiger partial charge < -0.3 is 10.2 Å². The standard InChI is InChI=1S/C12H10O4S2/c13-9(14)5-7-1-3-17-11(7)12-8(2-4-18-12)6-10(15)16/h1-4H,5-6H2,(H,13,14)(H,15,16). The van der Waals surface area contributed by atoms with Crippen molar-refractivity contribution in [3.05, 3.63) is 34.0 Å². The van der Waals surface area contributed by atoms with Crippen molar-refractivity contribution < 1.29 is 19.8 Å². The zero-order valence-electron chi connectivity index (χ0n) is 9.25. The molecular weight excluding hydrogens is 272 g/mol. The minimum Gasteiger partial charge on any atom is -0.481 e. The number of aliphatic carboxylic acids is 2. The Hall–Kier alpha value is -1.66. The fraction of sp³-hybridized carbons (Fsp3) is 0.167. The Morgan fingerprint density at radius 2 is 1.28 bits per heavy atom. The molecule has 0 aliphatic carbocycles. The molecule has 0 aliphatic heterocycles. The van der Waals surface area contributed by atoms with E-state index in [4.69, 9.17) is 10.2 Å². The van der Waals surface area contributed by atoms with Gasteiger partial charge in [-0.2, -0.15) is 0 Å². The summed E-state index contributed by atoms with van der Waals surface area (Å²) in [6, 6.07) is 3.55. The molecule has 2 aromatic heterocycles. The van der Waals surface area contributed by atoms with E-state index < -0.39 is 11.9 Å². The second kappa shape index (κ2) is 5.32. The third-order valence-corrected chi connectivity index (χ3v) is 4.46. The highest BCUT2D eigenvalue weighted by Crippen LogP contribution is 2.36. The maximum Gasteiger partial charge on any atom is 0.307 e. The summed E-state index contributed by atoms with van der Waals surface area (Å²) >= 11 is 2.89. The zero-order valence-corrected chi connectivity index (χ0v) is 10.9. The van der Waals surface area contributed by atoms with Crippen LogP contribution in [0.2, 0.25) is 0 Å². The van der Waals surface area contributed by atoms with Crippen molar-refractivity contribution >= 4 is 34.6 Å². The average molecular weight is 282 g/mol. The molecule has 0 aromatic carbocycles. The molecule has 2 heterocycles. The second-order valence-corrected chi connectivity index (χ2v) is 5.52. The molecule has 0 bridgehead atoms. The van der Waals surface area contributed by atoms with Gasteiger partial charge in [0.15, 0.2) is 0 Å². The number of carboxylic acids is 2. The van der Waals surface area contributed by atoms with E-state index in [2.05, 4.69) is 0 Å². The first kappa shape index (κ1) is 12.8. The molecule has 0 atom stereocenters. The van der Waals surface area contributed by atoms with Gasteiger partial charge in [0, 0.05) is 9.75 Å². The van der Waals surface area contributed by atoms with Gasteiger partial charge in [-0.3, -0.25) is 9.59 Å². The maximum absolute atomic E-state index is 10.8. The first-order valence-electron chi connectivity index (χ1n) is 5.14. The zero-order chi connectivity index (χ0) is 13.1. The predicted molar refractivity (Wildman–Crippen MR) is 70.3 cm³/mol. The van der Waals surface area contributed by atoms with E-state index in [0.717, 1.165) is 20.9 Å². The average Bonchev–Trinajstić information content (AvgIpc) is 2.85. The van der Waals surface area contributed by atoms with Crippen molar-refractivity contribution in [3.63, 3.8) is 0 Å². The number of thiophene rings is 2. The SMILES string of the molecule is O=C(O)Cc1ccsc1-c1sccc1CC(=O)O. The quantitative estimate of drug-likeness (QED) is 0.884. The first-order valence-corrected chi connectivity index (χ1v) is 6.90. The minimum absolute atomic E-state index is 0.0384. The molecule has 0 saturated carbocycles. The highest BCUT2D eigenvalue weighted by Gasteiger charge is 2.16. The van der Waals surface area contributed by atoms with Gasteiger partial charge in [-0.1, -0.05) is 0 Å². The Balaban J connectivity index is 2.37. The van der Waals surface area contributed by atoms with Crippen molar-refractivity contribution in [1.82, 2.24) is 0 Å². The van der Waals surface area contributed by atoms with Gasteiger partial charge in [0.25, 0.3) is 0 Å². The van der Waals surface area contributed by atoms with Crippen LogP contribution in [0, 0.1) is 0 Å². The minimum atomic E-state index is -0.883. The van der Waals surface area contributed by atoms with E-state index >= 15 is 0 Å². The summed E-state index contributed by atoms with van der Waals surface area (Å²) in [5.74, 6) is -1.77. The van der Waals surface area contributed by atoms with Crippen molar-refractivity contribution in [2.75, 3.05) is 0 Å². The van der Waals surface area contributed by atoms with Crippen LogP contribution in [-0.2, 0) is 22.4 Å². The Morgan fingerprint density at radius 3 is 1.61 bits per heavy atom. The van der Waals surface area contributed by atoms with Crippen molar-refractivity contribution in [2.45, 2.75) is 12.8 Å². The van der Waals surface area contributed by atoms with Crippen LogP contribution in [0.15, 0.2) is 22.9 Å². The van der Waals surface area contributed by atoms with E-state index in [1.54, 1.807) is 12.1 Å². The summed E-state index contributed by atoms with van der Waals surface area (Å²) in [6.45, 7) is 0. The van der Waals surface area contributed by atoms with Crippen LogP contribution in [0.1, 0.15) is 11.1 Å². The topological polar surface area (TPSA) is 74.6 Å². The largest absolute Gasteiger partial charge is 0.481 e. The molecule has 0 aliphatic rings. The highest BCUT2D eigenvalue weighted by atomic mass is 32.1. The predicted octanol–water partition coefficient (Wildman–Crippen LogP) is 2.73. The van der Waals surface area contributed by atoms with Gasteiger partial charge in [0.05, 0.1) is 12.8 Å². The number of rotatable bonds is 5. The molecule has 0 amide bonds. The van der Waals surface area contributed by atoms with Crippen molar-refractivity contribution in [3.8, 4) is 9.75 Å². The molecule has 0 spiro atoms. The monoisotopic (exact) mass is 282 g/mol. The third kappa shape index (κ3) is 2.77. The molecule has 2 aromatic rings. The Morgan fingerprint density at radius 1 is 0.889 bits per heavy atom. The molecule has 4 nitrogen and oxygen atoms in total. The van der Waals surface area contributed by atoms with E-state index in [9.17, 15) is 9.59 Å². The van der Waals surface area contributed by atoms with Gasteiger partial charge in [0.1, 0.15) is 0 Å². The Kier molecular flexibility index (Phi) is 3.78. The second-order valence-electron chi connectivity index (χ2n) is 3.69. The first-order chi connectivity index (χ1) is 8.58. The van der Waals surface area contributed by atoms with Crippen LogP contribution < -0.4 is 0 Å². The van der Waals surface area contributed by atoms with Gasteiger partial charge in [-0.25, -0.2) is 0 Å². The molecule has 6 heteroatoms. The number of hydrogen-bond acceptors (Lipinski definition) is 4. The molecule has 18 heavy (non-hydrogen) atoms. The molecule has 0 fully saturated rings.